The quantitative estimate of drug-likeness (QED) is 0.760. The van der Waals surface area contributed by atoms with Crippen LogP contribution in [0.25, 0.3) is 10.8 Å². The summed E-state index contributed by atoms with van der Waals surface area (Å²) in [6.07, 6.45) is 0. The van der Waals surface area contributed by atoms with Crippen LogP contribution in [0.3, 0.4) is 0 Å². The fraction of sp³-hybridized carbons (Fsp3) is 0. The first-order valence-corrected chi connectivity index (χ1v) is 5.33. The molecule has 0 amide bonds. The Bertz CT molecular complexity index is 400. The Morgan fingerprint density at radius 2 is 2.33 bits per heavy atom. The average molecular weight is 313 g/mol. The van der Waals surface area contributed by atoms with Crippen molar-refractivity contribution in [1.29, 1.82) is 0 Å². The van der Waals surface area contributed by atoms with E-state index in [0.717, 1.165) is 4.88 Å². The summed E-state index contributed by atoms with van der Waals surface area (Å²) in [6, 6.07) is 1.80. The van der Waals surface area contributed by atoms with Gasteiger partial charge in [-0.1, -0.05) is 11.6 Å². The van der Waals surface area contributed by atoms with Gasteiger partial charge >= 0.3 is 0 Å². The van der Waals surface area contributed by atoms with Crippen LogP contribution >= 0.6 is 45.5 Å². The Kier molecular flexibility index (Phi) is 2.33. The van der Waals surface area contributed by atoms with E-state index in [1.54, 1.807) is 6.07 Å². The Morgan fingerprint density at radius 1 is 1.50 bits per heavy atom. The van der Waals surface area contributed by atoms with E-state index in [9.17, 15) is 0 Å². The summed E-state index contributed by atoms with van der Waals surface area (Å²) < 4.78 is 5.72. The van der Waals surface area contributed by atoms with Crippen LogP contribution in [0.2, 0.25) is 5.02 Å². The molecule has 2 aromatic heterocycles. The SMILES string of the molecule is Clc1ccsc1-c1nnc(I)o1. The second-order valence-electron chi connectivity index (χ2n) is 1.96. The monoisotopic (exact) mass is 312 g/mol. The molecule has 2 heterocycles. The maximum Gasteiger partial charge on any atom is 0.278 e. The van der Waals surface area contributed by atoms with Gasteiger partial charge in [-0.15, -0.1) is 21.5 Å². The number of hydrogen-bond donors (Lipinski definition) is 0. The molecule has 0 aliphatic carbocycles. The van der Waals surface area contributed by atoms with Crippen molar-refractivity contribution in [3.8, 4) is 10.8 Å². The number of nitrogens with zero attached hydrogens (tertiary/aromatic N) is 2. The van der Waals surface area contributed by atoms with Gasteiger partial charge in [0.25, 0.3) is 9.79 Å². The van der Waals surface area contributed by atoms with Gasteiger partial charge in [-0.3, -0.25) is 0 Å². The molecule has 0 saturated carbocycles. The third-order valence-corrected chi connectivity index (χ3v) is 2.98. The second-order valence-corrected chi connectivity index (χ2v) is 4.20. The van der Waals surface area contributed by atoms with E-state index in [-0.39, 0.29) is 0 Å². The molecule has 0 aromatic carbocycles. The standard InChI is InChI=1S/C6H2ClIN2OS/c7-3-1-2-12-4(3)5-9-10-6(8)11-5/h1-2H. The van der Waals surface area contributed by atoms with Gasteiger partial charge in [0.2, 0.25) is 0 Å². The first-order chi connectivity index (χ1) is 5.77. The van der Waals surface area contributed by atoms with Crippen LogP contribution in [0.1, 0.15) is 0 Å². The molecule has 0 radical (unpaired) electrons. The second kappa shape index (κ2) is 3.31. The summed E-state index contributed by atoms with van der Waals surface area (Å²) in [5, 5.41) is 10.1. The van der Waals surface area contributed by atoms with E-state index in [1.807, 2.05) is 28.0 Å². The van der Waals surface area contributed by atoms with E-state index in [4.69, 9.17) is 16.0 Å². The van der Waals surface area contributed by atoms with Crippen LogP contribution in [-0.4, -0.2) is 10.2 Å². The van der Waals surface area contributed by atoms with Crippen molar-refractivity contribution in [1.82, 2.24) is 10.2 Å². The lowest BCUT2D eigenvalue weighted by Gasteiger charge is -1.86. The molecule has 2 rings (SSSR count). The van der Waals surface area contributed by atoms with Gasteiger partial charge in [0.1, 0.15) is 4.88 Å². The molecule has 0 unspecified atom stereocenters. The molecule has 0 fully saturated rings. The molecule has 0 saturated heterocycles. The lowest BCUT2D eigenvalue weighted by molar-refractivity contribution is 0.538. The Hall–Kier alpha value is -0.140. The van der Waals surface area contributed by atoms with E-state index >= 15 is 0 Å². The molecule has 3 nitrogen and oxygen atoms in total. The maximum absolute atomic E-state index is 5.86. The van der Waals surface area contributed by atoms with Crippen LogP contribution in [-0.2, 0) is 0 Å². The predicted octanol–water partition coefficient (Wildman–Crippen LogP) is 3.06. The highest BCUT2D eigenvalue weighted by Crippen LogP contribution is 2.32. The largest absolute Gasteiger partial charge is 0.411 e. The molecular formula is C6H2ClIN2OS. The van der Waals surface area contributed by atoms with Gasteiger partial charge in [0.05, 0.1) is 5.02 Å². The lowest BCUT2D eigenvalue weighted by Crippen LogP contribution is -1.71. The molecule has 6 heteroatoms. The van der Waals surface area contributed by atoms with E-state index in [2.05, 4.69) is 10.2 Å². The van der Waals surface area contributed by atoms with Gasteiger partial charge in [0.15, 0.2) is 0 Å². The van der Waals surface area contributed by atoms with Crippen LogP contribution in [0.5, 0.6) is 0 Å². The molecular weight excluding hydrogens is 311 g/mol. The molecule has 0 aliphatic heterocycles. The lowest BCUT2D eigenvalue weighted by atomic mass is 10.5. The third kappa shape index (κ3) is 1.48. The number of aromatic nitrogens is 2. The number of hydrogen-bond acceptors (Lipinski definition) is 4. The highest BCUT2D eigenvalue weighted by atomic mass is 127. The maximum atomic E-state index is 5.86. The van der Waals surface area contributed by atoms with Crippen molar-refractivity contribution in [2.75, 3.05) is 0 Å². The van der Waals surface area contributed by atoms with Gasteiger partial charge in [-0.25, -0.2) is 0 Å². The molecule has 62 valence electrons. The van der Waals surface area contributed by atoms with E-state index in [0.29, 0.717) is 14.8 Å². The zero-order chi connectivity index (χ0) is 8.55. The van der Waals surface area contributed by atoms with Crippen LogP contribution in [0.4, 0.5) is 0 Å². The first-order valence-electron chi connectivity index (χ1n) is 3.00. The normalized spacial score (nSPS) is 10.5. The molecule has 2 aromatic rings. The summed E-state index contributed by atoms with van der Waals surface area (Å²) in [4.78, 5) is 0.826. The van der Waals surface area contributed by atoms with E-state index in [1.165, 1.54) is 11.3 Å². The zero-order valence-electron chi connectivity index (χ0n) is 5.62. The van der Waals surface area contributed by atoms with Crippen molar-refractivity contribution in [3.63, 3.8) is 0 Å². The van der Waals surface area contributed by atoms with Gasteiger partial charge in [0, 0.05) is 22.6 Å². The van der Waals surface area contributed by atoms with Crippen LogP contribution < -0.4 is 0 Å². The number of thiophene rings is 1. The molecule has 0 bridgehead atoms. The molecule has 0 N–H and O–H groups in total. The molecule has 0 aliphatic rings. The van der Waals surface area contributed by atoms with Crippen molar-refractivity contribution in [3.05, 3.63) is 20.4 Å². The topological polar surface area (TPSA) is 38.9 Å². The third-order valence-electron chi connectivity index (χ3n) is 1.21. The number of halogens is 2. The minimum absolute atomic E-state index is 0.486. The summed E-state index contributed by atoms with van der Waals surface area (Å²) in [5.41, 5.74) is 0. The summed E-state index contributed by atoms with van der Waals surface area (Å²) in [6.45, 7) is 0. The highest BCUT2D eigenvalue weighted by Gasteiger charge is 2.11. The summed E-state index contributed by atoms with van der Waals surface area (Å²) >= 11 is 9.31. The van der Waals surface area contributed by atoms with Crippen molar-refractivity contribution >= 4 is 45.5 Å². The Morgan fingerprint density at radius 3 is 2.83 bits per heavy atom. The van der Waals surface area contributed by atoms with Gasteiger partial charge < -0.3 is 4.42 Å². The fourth-order valence-electron chi connectivity index (χ4n) is 0.743. The summed E-state index contributed by atoms with van der Waals surface area (Å²) in [7, 11) is 0. The average Bonchev–Trinajstić information content (AvgIpc) is 2.58. The van der Waals surface area contributed by atoms with Crippen LogP contribution in [0.15, 0.2) is 15.9 Å². The van der Waals surface area contributed by atoms with E-state index < -0.39 is 0 Å². The smallest absolute Gasteiger partial charge is 0.278 e. The van der Waals surface area contributed by atoms with Crippen molar-refractivity contribution < 1.29 is 4.42 Å². The highest BCUT2D eigenvalue weighted by molar-refractivity contribution is 14.1. The Labute approximate surface area is 90.9 Å². The molecule has 0 atom stereocenters. The van der Waals surface area contributed by atoms with Crippen molar-refractivity contribution in [2.45, 2.75) is 0 Å². The van der Waals surface area contributed by atoms with Gasteiger partial charge in [-0.05, 0) is 11.4 Å². The minimum Gasteiger partial charge on any atom is -0.411 e. The Balaban J connectivity index is 2.50. The van der Waals surface area contributed by atoms with Crippen molar-refractivity contribution in [2.24, 2.45) is 0 Å². The molecule has 12 heavy (non-hydrogen) atoms. The predicted molar refractivity (Wildman–Crippen MR) is 55.3 cm³/mol. The minimum atomic E-state index is 0.486. The summed E-state index contributed by atoms with van der Waals surface area (Å²) in [5.74, 6) is 0.486. The number of rotatable bonds is 1. The van der Waals surface area contributed by atoms with Gasteiger partial charge in [-0.2, -0.15) is 0 Å². The van der Waals surface area contributed by atoms with Crippen LogP contribution in [0, 0.1) is 3.90 Å². The zero-order valence-corrected chi connectivity index (χ0v) is 9.35. The fourth-order valence-corrected chi connectivity index (χ4v) is 2.12. The first kappa shape index (κ1) is 8.46. The molecule has 0 spiro atoms.